The zero-order chi connectivity index (χ0) is 21.2. The van der Waals surface area contributed by atoms with Crippen molar-refractivity contribution >= 4 is 29.1 Å². The zero-order valence-corrected chi connectivity index (χ0v) is 17.1. The summed E-state index contributed by atoms with van der Waals surface area (Å²) in [5.41, 5.74) is 2.06. The fourth-order valence-corrected chi connectivity index (χ4v) is 2.93. The quantitative estimate of drug-likeness (QED) is 0.498. The Kier molecular flexibility index (Phi) is 7.80. The lowest BCUT2D eigenvalue weighted by Gasteiger charge is -2.10. The molecule has 30 heavy (non-hydrogen) atoms. The van der Waals surface area contributed by atoms with Gasteiger partial charge < -0.3 is 15.4 Å². The summed E-state index contributed by atoms with van der Waals surface area (Å²) in [5, 5.41) is 6.26. The van der Waals surface area contributed by atoms with Crippen LogP contribution in [0.5, 0.6) is 5.75 Å². The summed E-state index contributed by atoms with van der Waals surface area (Å²) in [6, 6.07) is 18.0. The summed E-state index contributed by atoms with van der Waals surface area (Å²) in [4.78, 5) is 28.2. The molecule has 7 heteroatoms. The van der Waals surface area contributed by atoms with E-state index in [1.807, 2.05) is 36.4 Å². The number of carbonyl (C=O) groups is 2. The lowest BCUT2D eigenvalue weighted by atomic mass is 10.2. The molecule has 0 saturated carbocycles. The first-order valence-electron chi connectivity index (χ1n) is 9.56. The first kappa shape index (κ1) is 21.3. The number of hydrogen-bond donors (Lipinski definition) is 2. The second-order valence-corrected chi connectivity index (χ2v) is 6.96. The van der Waals surface area contributed by atoms with Crippen molar-refractivity contribution in [1.29, 1.82) is 0 Å². The summed E-state index contributed by atoms with van der Waals surface area (Å²) in [7, 11) is 0. The Morgan fingerprint density at radius 1 is 1.03 bits per heavy atom. The molecule has 3 rings (SSSR count). The van der Waals surface area contributed by atoms with Crippen LogP contribution in [0.4, 0.5) is 5.69 Å². The van der Waals surface area contributed by atoms with Gasteiger partial charge >= 0.3 is 0 Å². The fourth-order valence-electron chi connectivity index (χ4n) is 2.74. The van der Waals surface area contributed by atoms with Gasteiger partial charge in [0.15, 0.2) is 0 Å². The Balaban J connectivity index is 1.42. The van der Waals surface area contributed by atoms with Crippen LogP contribution in [0.1, 0.15) is 28.8 Å². The van der Waals surface area contributed by atoms with E-state index in [0.29, 0.717) is 48.0 Å². The highest BCUT2D eigenvalue weighted by molar-refractivity contribution is 6.32. The van der Waals surface area contributed by atoms with Gasteiger partial charge in [0.2, 0.25) is 5.91 Å². The van der Waals surface area contributed by atoms with Crippen LogP contribution >= 0.6 is 11.6 Å². The van der Waals surface area contributed by atoms with Crippen LogP contribution in [0.3, 0.4) is 0 Å². The SMILES string of the molecule is O=C(CCCOc1ccccc1Cl)Nc1cccc(CNC(=O)c2cccnc2)c1. The smallest absolute Gasteiger partial charge is 0.253 e. The molecule has 0 bridgehead atoms. The minimum absolute atomic E-state index is 0.102. The van der Waals surface area contributed by atoms with Crippen LogP contribution < -0.4 is 15.4 Å². The van der Waals surface area contributed by atoms with Gasteiger partial charge in [0.1, 0.15) is 5.75 Å². The van der Waals surface area contributed by atoms with Crippen LogP contribution in [0.2, 0.25) is 5.02 Å². The Bertz CT molecular complexity index is 996. The van der Waals surface area contributed by atoms with E-state index in [1.54, 1.807) is 30.5 Å². The van der Waals surface area contributed by atoms with Crippen molar-refractivity contribution in [2.75, 3.05) is 11.9 Å². The Morgan fingerprint density at radius 2 is 1.90 bits per heavy atom. The lowest BCUT2D eigenvalue weighted by molar-refractivity contribution is -0.116. The lowest BCUT2D eigenvalue weighted by Crippen LogP contribution is -2.23. The summed E-state index contributed by atoms with van der Waals surface area (Å²) >= 11 is 6.03. The predicted octanol–water partition coefficient (Wildman–Crippen LogP) is 4.46. The molecule has 2 aromatic carbocycles. The van der Waals surface area contributed by atoms with Crippen LogP contribution in [-0.4, -0.2) is 23.4 Å². The molecule has 0 saturated heterocycles. The van der Waals surface area contributed by atoms with Crippen molar-refractivity contribution in [2.24, 2.45) is 0 Å². The highest BCUT2D eigenvalue weighted by Gasteiger charge is 2.07. The molecular formula is C23H22ClN3O3. The standard InChI is InChI=1S/C23H22ClN3O3/c24-20-9-1-2-10-21(20)30-13-5-11-22(28)27-19-8-3-6-17(14-19)15-26-23(29)18-7-4-12-25-16-18/h1-4,6-10,12,14,16H,5,11,13,15H2,(H,26,29)(H,27,28). The number of benzene rings is 2. The van der Waals surface area contributed by atoms with E-state index in [4.69, 9.17) is 16.3 Å². The number of para-hydroxylation sites is 1. The maximum absolute atomic E-state index is 12.2. The third kappa shape index (κ3) is 6.60. The average Bonchev–Trinajstić information content (AvgIpc) is 2.77. The molecule has 6 nitrogen and oxygen atoms in total. The average molecular weight is 424 g/mol. The molecule has 2 N–H and O–H groups in total. The van der Waals surface area contributed by atoms with Gasteiger partial charge in [-0.25, -0.2) is 0 Å². The molecule has 3 aromatic rings. The third-order valence-electron chi connectivity index (χ3n) is 4.23. The van der Waals surface area contributed by atoms with E-state index in [1.165, 1.54) is 6.20 Å². The second-order valence-electron chi connectivity index (χ2n) is 6.56. The van der Waals surface area contributed by atoms with Crippen LogP contribution in [0.25, 0.3) is 0 Å². The molecule has 0 aliphatic rings. The van der Waals surface area contributed by atoms with Gasteiger partial charge in [-0.3, -0.25) is 14.6 Å². The number of ether oxygens (including phenoxy) is 1. The highest BCUT2D eigenvalue weighted by Crippen LogP contribution is 2.23. The second kappa shape index (κ2) is 11.0. The van der Waals surface area contributed by atoms with Crippen molar-refractivity contribution in [3.63, 3.8) is 0 Å². The highest BCUT2D eigenvalue weighted by atomic mass is 35.5. The molecule has 0 aliphatic heterocycles. The van der Waals surface area contributed by atoms with Crippen molar-refractivity contribution < 1.29 is 14.3 Å². The number of aromatic nitrogens is 1. The molecule has 154 valence electrons. The number of pyridine rings is 1. The molecule has 1 aromatic heterocycles. The molecule has 0 fully saturated rings. The van der Waals surface area contributed by atoms with Crippen molar-refractivity contribution in [3.8, 4) is 5.75 Å². The number of halogens is 1. The van der Waals surface area contributed by atoms with Gasteiger partial charge in [0, 0.05) is 31.0 Å². The Hall–Kier alpha value is -3.38. The number of rotatable bonds is 9. The summed E-state index contributed by atoms with van der Waals surface area (Å²) in [6.45, 7) is 0.751. The number of carbonyl (C=O) groups excluding carboxylic acids is 2. The minimum Gasteiger partial charge on any atom is -0.492 e. The minimum atomic E-state index is -0.198. The van der Waals surface area contributed by atoms with Crippen LogP contribution in [0.15, 0.2) is 73.1 Å². The molecule has 0 aliphatic carbocycles. The maximum Gasteiger partial charge on any atom is 0.253 e. The van der Waals surface area contributed by atoms with Crippen molar-refractivity contribution in [3.05, 3.63) is 89.2 Å². The number of nitrogens with zero attached hydrogens (tertiary/aromatic N) is 1. The zero-order valence-electron chi connectivity index (χ0n) is 16.3. The van der Waals surface area contributed by atoms with Gasteiger partial charge in [-0.2, -0.15) is 0 Å². The molecule has 2 amide bonds. The molecule has 0 spiro atoms. The van der Waals surface area contributed by atoms with Crippen molar-refractivity contribution in [2.45, 2.75) is 19.4 Å². The van der Waals surface area contributed by atoms with Crippen LogP contribution in [0, 0.1) is 0 Å². The fraction of sp³-hybridized carbons (Fsp3) is 0.174. The topological polar surface area (TPSA) is 80.3 Å². The van der Waals surface area contributed by atoms with E-state index >= 15 is 0 Å². The number of amides is 2. The van der Waals surface area contributed by atoms with Gasteiger partial charge in [0.05, 0.1) is 17.2 Å². The van der Waals surface area contributed by atoms with E-state index < -0.39 is 0 Å². The third-order valence-corrected chi connectivity index (χ3v) is 4.54. The van der Waals surface area contributed by atoms with E-state index in [-0.39, 0.29) is 11.8 Å². The summed E-state index contributed by atoms with van der Waals surface area (Å²) in [5.74, 6) is 0.311. The molecule has 0 radical (unpaired) electrons. The monoisotopic (exact) mass is 423 g/mol. The van der Waals surface area contributed by atoms with E-state index in [0.717, 1.165) is 5.56 Å². The van der Waals surface area contributed by atoms with E-state index in [2.05, 4.69) is 15.6 Å². The first-order chi connectivity index (χ1) is 14.6. The van der Waals surface area contributed by atoms with Gasteiger partial charge in [-0.05, 0) is 48.4 Å². The number of nitrogens with one attached hydrogen (secondary N) is 2. The van der Waals surface area contributed by atoms with Gasteiger partial charge in [0.25, 0.3) is 5.91 Å². The predicted molar refractivity (Wildman–Crippen MR) is 117 cm³/mol. The van der Waals surface area contributed by atoms with Crippen LogP contribution in [-0.2, 0) is 11.3 Å². The maximum atomic E-state index is 12.2. The normalized spacial score (nSPS) is 10.3. The van der Waals surface area contributed by atoms with E-state index in [9.17, 15) is 9.59 Å². The Labute approximate surface area is 180 Å². The Morgan fingerprint density at radius 3 is 2.70 bits per heavy atom. The number of anilines is 1. The molecule has 1 heterocycles. The summed E-state index contributed by atoms with van der Waals surface area (Å²) in [6.07, 6.45) is 4.03. The van der Waals surface area contributed by atoms with Crippen molar-refractivity contribution in [1.82, 2.24) is 10.3 Å². The largest absolute Gasteiger partial charge is 0.492 e. The van der Waals surface area contributed by atoms with Gasteiger partial charge in [-0.15, -0.1) is 0 Å². The number of hydrogen-bond acceptors (Lipinski definition) is 4. The molecule has 0 unspecified atom stereocenters. The van der Waals surface area contributed by atoms with Gasteiger partial charge in [-0.1, -0.05) is 35.9 Å². The molecule has 0 atom stereocenters. The molecular weight excluding hydrogens is 402 g/mol. The summed E-state index contributed by atoms with van der Waals surface area (Å²) < 4.78 is 5.59. The first-order valence-corrected chi connectivity index (χ1v) is 9.94.